The van der Waals surface area contributed by atoms with Gasteiger partial charge in [-0.15, -0.1) is 0 Å². The molecule has 3 heteroatoms. The summed E-state index contributed by atoms with van der Waals surface area (Å²) in [4.78, 5) is 7.32. The Hall–Kier alpha value is -0.830. The molecule has 0 radical (unpaired) electrons. The molecule has 1 aromatic rings. The van der Waals surface area contributed by atoms with Gasteiger partial charge in [-0.1, -0.05) is 0 Å². The van der Waals surface area contributed by atoms with Gasteiger partial charge in [-0.3, -0.25) is 0 Å². The lowest BCUT2D eigenvalue weighted by Gasteiger charge is -2.04. The zero-order chi connectivity index (χ0) is 7.56. The third-order valence-electron chi connectivity index (χ3n) is 1.57. The maximum atomic E-state index is 4.17. The number of rotatable bonds is 2. The Kier molecular flexibility index (Phi) is 2.06. The Bertz CT molecular complexity index is 204. The van der Waals surface area contributed by atoms with Crippen molar-refractivity contribution in [3.05, 3.63) is 17.7 Å². The predicted molar refractivity (Wildman–Crippen MR) is 40.8 cm³/mol. The van der Waals surface area contributed by atoms with Crippen LogP contribution in [-0.4, -0.2) is 17.0 Å². The first-order valence-electron chi connectivity index (χ1n) is 3.43. The first-order chi connectivity index (χ1) is 4.74. The molecule has 0 amide bonds. The van der Waals surface area contributed by atoms with Gasteiger partial charge >= 0.3 is 0 Å². The summed E-state index contributed by atoms with van der Waals surface area (Å²) < 4.78 is 0. The number of aromatic nitrogens is 2. The molecule has 0 aliphatic carbocycles. The number of aromatic amines is 1. The van der Waals surface area contributed by atoms with Crippen molar-refractivity contribution in [2.75, 3.05) is 7.05 Å². The molecule has 1 unspecified atom stereocenters. The molecule has 56 valence electrons. The summed E-state index contributed by atoms with van der Waals surface area (Å²) in [6.07, 6.45) is 1.84. The molecule has 0 spiro atoms. The molecule has 10 heavy (non-hydrogen) atoms. The Labute approximate surface area is 60.9 Å². The fourth-order valence-electron chi connectivity index (χ4n) is 0.790. The third kappa shape index (κ3) is 1.36. The summed E-state index contributed by atoms with van der Waals surface area (Å²) in [6, 6.07) is 0.314. The zero-order valence-corrected chi connectivity index (χ0v) is 6.60. The van der Waals surface area contributed by atoms with Crippen molar-refractivity contribution in [1.82, 2.24) is 15.3 Å². The van der Waals surface area contributed by atoms with Gasteiger partial charge in [0, 0.05) is 11.9 Å². The van der Waals surface area contributed by atoms with Crippen molar-refractivity contribution in [2.45, 2.75) is 19.9 Å². The van der Waals surface area contributed by atoms with E-state index in [1.54, 1.807) is 0 Å². The third-order valence-corrected chi connectivity index (χ3v) is 1.57. The summed E-state index contributed by atoms with van der Waals surface area (Å²) >= 11 is 0. The van der Waals surface area contributed by atoms with Crippen LogP contribution in [0.4, 0.5) is 0 Å². The summed E-state index contributed by atoms with van der Waals surface area (Å²) in [5, 5.41) is 3.10. The van der Waals surface area contributed by atoms with Crippen LogP contribution in [0.5, 0.6) is 0 Å². The summed E-state index contributed by atoms with van der Waals surface area (Å²) in [5.74, 6) is 1.00. The van der Waals surface area contributed by atoms with E-state index in [0.29, 0.717) is 6.04 Å². The van der Waals surface area contributed by atoms with E-state index >= 15 is 0 Å². The second-order valence-electron chi connectivity index (χ2n) is 2.46. The van der Waals surface area contributed by atoms with E-state index in [1.165, 1.54) is 0 Å². The summed E-state index contributed by atoms with van der Waals surface area (Å²) in [5.41, 5.74) is 1.11. The Morgan fingerprint density at radius 1 is 1.70 bits per heavy atom. The van der Waals surface area contributed by atoms with Gasteiger partial charge in [0.2, 0.25) is 0 Å². The quantitative estimate of drug-likeness (QED) is 0.641. The van der Waals surface area contributed by atoms with Crippen LogP contribution in [0.3, 0.4) is 0 Å². The van der Waals surface area contributed by atoms with Crippen LogP contribution >= 0.6 is 0 Å². The minimum atomic E-state index is 0.314. The first kappa shape index (κ1) is 7.28. The van der Waals surface area contributed by atoms with Crippen LogP contribution in [0.1, 0.15) is 24.5 Å². The van der Waals surface area contributed by atoms with Crippen molar-refractivity contribution in [2.24, 2.45) is 0 Å². The molecule has 0 aromatic carbocycles. The zero-order valence-electron chi connectivity index (χ0n) is 6.60. The van der Waals surface area contributed by atoms with E-state index in [9.17, 15) is 0 Å². The number of H-pyrrole nitrogens is 1. The van der Waals surface area contributed by atoms with E-state index in [4.69, 9.17) is 0 Å². The van der Waals surface area contributed by atoms with Crippen molar-refractivity contribution in [3.8, 4) is 0 Å². The van der Waals surface area contributed by atoms with E-state index in [2.05, 4.69) is 22.2 Å². The number of aryl methyl sites for hydroxylation is 1. The van der Waals surface area contributed by atoms with Crippen molar-refractivity contribution < 1.29 is 0 Å². The normalized spacial score (nSPS) is 13.5. The predicted octanol–water partition coefficient (Wildman–Crippen LogP) is 0.999. The highest BCUT2D eigenvalue weighted by atomic mass is 15.0. The minimum absolute atomic E-state index is 0.314. The summed E-state index contributed by atoms with van der Waals surface area (Å²) in [7, 11) is 1.92. The Morgan fingerprint density at radius 2 is 2.40 bits per heavy atom. The Balaban J connectivity index is 2.74. The van der Waals surface area contributed by atoms with E-state index in [0.717, 1.165) is 11.5 Å². The average molecular weight is 139 g/mol. The van der Waals surface area contributed by atoms with Gasteiger partial charge in [-0.25, -0.2) is 4.98 Å². The fourth-order valence-corrected chi connectivity index (χ4v) is 0.790. The number of hydrogen-bond donors (Lipinski definition) is 2. The second-order valence-corrected chi connectivity index (χ2v) is 2.46. The SMILES string of the molecule is CNC(C)c1ncc(C)[nH]1. The van der Waals surface area contributed by atoms with Gasteiger partial charge in [-0.2, -0.15) is 0 Å². The Morgan fingerprint density at radius 3 is 2.80 bits per heavy atom. The standard InChI is InChI=1S/C7H13N3/c1-5-4-9-7(10-5)6(2)8-3/h4,6,8H,1-3H3,(H,9,10). The van der Waals surface area contributed by atoms with Gasteiger partial charge in [0.15, 0.2) is 0 Å². The van der Waals surface area contributed by atoms with E-state index < -0.39 is 0 Å². The van der Waals surface area contributed by atoms with E-state index in [1.807, 2.05) is 20.2 Å². The van der Waals surface area contributed by atoms with Crippen LogP contribution in [0.25, 0.3) is 0 Å². The number of nitrogens with one attached hydrogen (secondary N) is 2. The smallest absolute Gasteiger partial charge is 0.123 e. The maximum Gasteiger partial charge on any atom is 0.123 e. The molecule has 0 fully saturated rings. The molecule has 1 heterocycles. The van der Waals surface area contributed by atoms with Crippen LogP contribution in [0.15, 0.2) is 6.20 Å². The van der Waals surface area contributed by atoms with Gasteiger partial charge in [0.1, 0.15) is 5.82 Å². The lowest BCUT2D eigenvalue weighted by molar-refractivity contribution is 0.617. The molecular weight excluding hydrogens is 126 g/mol. The second kappa shape index (κ2) is 2.84. The lowest BCUT2D eigenvalue weighted by Crippen LogP contribution is -2.13. The summed E-state index contributed by atoms with van der Waals surface area (Å²) in [6.45, 7) is 4.07. The highest BCUT2D eigenvalue weighted by Gasteiger charge is 2.03. The maximum absolute atomic E-state index is 4.17. The fraction of sp³-hybridized carbons (Fsp3) is 0.571. The van der Waals surface area contributed by atoms with Crippen LogP contribution in [-0.2, 0) is 0 Å². The van der Waals surface area contributed by atoms with Crippen molar-refractivity contribution >= 4 is 0 Å². The largest absolute Gasteiger partial charge is 0.345 e. The van der Waals surface area contributed by atoms with Gasteiger partial charge in [0.05, 0.1) is 6.04 Å². The van der Waals surface area contributed by atoms with Gasteiger partial charge < -0.3 is 10.3 Å². The number of imidazole rings is 1. The molecule has 0 bridgehead atoms. The highest BCUT2D eigenvalue weighted by Crippen LogP contribution is 2.05. The molecule has 1 atom stereocenters. The molecule has 3 nitrogen and oxygen atoms in total. The lowest BCUT2D eigenvalue weighted by atomic mass is 10.3. The van der Waals surface area contributed by atoms with Crippen LogP contribution in [0, 0.1) is 6.92 Å². The molecule has 0 saturated carbocycles. The topological polar surface area (TPSA) is 40.7 Å². The van der Waals surface area contributed by atoms with Crippen LogP contribution < -0.4 is 5.32 Å². The first-order valence-corrected chi connectivity index (χ1v) is 3.43. The molecule has 0 saturated heterocycles. The number of nitrogens with zero attached hydrogens (tertiary/aromatic N) is 1. The molecule has 2 N–H and O–H groups in total. The molecular formula is C7H13N3. The van der Waals surface area contributed by atoms with Gasteiger partial charge in [0.25, 0.3) is 0 Å². The van der Waals surface area contributed by atoms with Gasteiger partial charge in [-0.05, 0) is 20.9 Å². The molecule has 0 aliphatic rings. The average Bonchev–Trinajstić information content (AvgIpc) is 2.34. The van der Waals surface area contributed by atoms with Crippen molar-refractivity contribution in [1.29, 1.82) is 0 Å². The van der Waals surface area contributed by atoms with E-state index in [-0.39, 0.29) is 0 Å². The molecule has 1 aromatic heterocycles. The molecule has 1 rings (SSSR count). The highest BCUT2D eigenvalue weighted by molar-refractivity contribution is 5.01. The van der Waals surface area contributed by atoms with Crippen molar-refractivity contribution in [3.63, 3.8) is 0 Å². The van der Waals surface area contributed by atoms with Crippen LogP contribution in [0.2, 0.25) is 0 Å². The minimum Gasteiger partial charge on any atom is -0.345 e. The monoisotopic (exact) mass is 139 g/mol. The number of hydrogen-bond acceptors (Lipinski definition) is 2. The molecule has 0 aliphatic heterocycles.